The number of anilines is 1. The zero-order chi connectivity index (χ0) is 14.8. The third-order valence-electron chi connectivity index (χ3n) is 4.14. The summed E-state index contributed by atoms with van der Waals surface area (Å²) in [5.74, 6) is 0.141. The molecule has 0 bridgehead atoms. The van der Waals surface area contributed by atoms with Gasteiger partial charge < -0.3 is 5.32 Å². The molecule has 2 rings (SSSR count). The third-order valence-corrected chi connectivity index (χ3v) is 4.93. The van der Waals surface area contributed by atoms with Gasteiger partial charge in [0.2, 0.25) is 5.91 Å². The highest BCUT2D eigenvalue weighted by Crippen LogP contribution is 2.33. The molecule has 1 unspecified atom stereocenters. The van der Waals surface area contributed by atoms with Gasteiger partial charge in [0.25, 0.3) is 0 Å². The van der Waals surface area contributed by atoms with Crippen LogP contribution in [0.2, 0.25) is 0 Å². The summed E-state index contributed by atoms with van der Waals surface area (Å²) in [5.41, 5.74) is 0.643. The van der Waals surface area contributed by atoms with E-state index in [2.05, 4.69) is 31.0 Å². The molecule has 0 aromatic heterocycles. The van der Waals surface area contributed by atoms with Crippen LogP contribution in [0.3, 0.4) is 0 Å². The van der Waals surface area contributed by atoms with Gasteiger partial charge in [-0.15, -0.1) is 11.8 Å². The highest BCUT2D eigenvalue weighted by atomic mass is 32.2. The van der Waals surface area contributed by atoms with E-state index in [4.69, 9.17) is 0 Å². The fourth-order valence-electron chi connectivity index (χ4n) is 2.64. The fourth-order valence-corrected chi connectivity index (χ4v) is 3.20. The zero-order valence-corrected chi connectivity index (χ0v) is 13.6. The minimum atomic E-state index is -0.282. The zero-order valence-electron chi connectivity index (χ0n) is 12.8. The molecule has 1 heterocycles. The molecule has 4 heteroatoms. The summed E-state index contributed by atoms with van der Waals surface area (Å²) in [6.07, 6.45) is 2.96. The molecule has 1 aliphatic heterocycles. The predicted molar refractivity (Wildman–Crippen MR) is 86.3 cm³/mol. The second kappa shape index (κ2) is 6.19. The summed E-state index contributed by atoms with van der Waals surface area (Å²) in [5, 5.41) is 3.12. The van der Waals surface area contributed by atoms with Crippen molar-refractivity contribution in [3.63, 3.8) is 0 Å². The second-order valence-electron chi connectivity index (χ2n) is 6.03. The topological polar surface area (TPSA) is 32.3 Å². The molecule has 1 N–H and O–H groups in total. The van der Waals surface area contributed by atoms with Crippen LogP contribution in [0.4, 0.5) is 5.69 Å². The molecule has 0 aliphatic carbocycles. The first-order valence-electron chi connectivity index (χ1n) is 7.15. The highest BCUT2D eigenvalue weighted by molar-refractivity contribution is 7.98. The van der Waals surface area contributed by atoms with Crippen molar-refractivity contribution in [3.8, 4) is 0 Å². The molecule has 0 saturated carbocycles. The van der Waals surface area contributed by atoms with E-state index in [1.165, 1.54) is 0 Å². The Balaban J connectivity index is 2.09. The van der Waals surface area contributed by atoms with Crippen LogP contribution in [0.25, 0.3) is 0 Å². The monoisotopic (exact) mass is 292 g/mol. The van der Waals surface area contributed by atoms with Crippen molar-refractivity contribution in [2.75, 3.05) is 24.7 Å². The Bertz CT molecular complexity index is 489. The minimum Gasteiger partial charge on any atom is -0.325 e. The molecule has 1 atom stereocenters. The number of likely N-dealkylation sites (tertiary alicyclic amines) is 1. The molecule has 20 heavy (non-hydrogen) atoms. The molecule has 1 amide bonds. The van der Waals surface area contributed by atoms with Gasteiger partial charge >= 0.3 is 0 Å². The first kappa shape index (κ1) is 15.4. The van der Waals surface area contributed by atoms with E-state index in [1.54, 1.807) is 11.8 Å². The molecule has 3 nitrogen and oxygen atoms in total. The van der Waals surface area contributed by atoms with Gasteiger partial charge in [0, 0.05) is 17.5 Å². The summed E-state index contributed by atoms with van der Waals surface area (Å²) in [4.78, 5) is 16.1. The average molecular weight is 292 g/mol. The van der Waals surface area contributed by atoms with Gasteiger partial charge in [0.1, 0.15) is 0 Å². The molecule has 1 fully saturated rings. The highest BCUT2D eigenvalue weighted by Gasteiger charge is 2.41. The van der Waals surface area contributed by atoms with Gasteiger partial charge in [0.05, 0.1) is 11.1 Å². The Morgan fingerprint density at radius 3 is 2.70 bits per heavy atom. The van der Waals surface area contributed by atoms with E-state index in [1.807, 2.05) is 30.5 Å². The average Bonchev–Trinajstić information content (AvgIpc) is 2.84. The molecule has 1 saturated heterocycles. The van der Waals surface area contributed by atoms with Crippen LogP contribution in [-0.2, 0) is 4.79 Å². The number of nitrogens with zero attached hydrogens (tertiary/aromatic N) is 1. The Hall–Kier alpha value is -1.00. The van der Waals surface area contributed by atoms with Crippen molar-refractivity contribution < 1.29 is 4.79 Å². The lowest BCUT2D eigenvalue weighted by Gasteiger charge is -2.26. The van der Waals surface area contributed by atoms with Gasteiger partial charge in [-0.2, -0.15) is 0 Å². The first-order chi connectivity index (χ1) is 9.46. The maximum atomic E-state index is 12.6. The van der Waals surface area contributed by atoms with Crippen molar-refractivity contribution in [2.45, 2.75) is 38.1 Å². The van der Waals surface area contributed by atoms with Crippen molar-refractivity contribution >= 4 is 23.4 Å². The van der Waals surface area contributed by atoms with Crippen LogP contribution in [0.15, 0.2) is 29.2 Å². The van der Waals surface area contributed by atoms with Gasteiger partial charge in [-0.1, -0.05) is 12.1 Å². The number of thioether (sulfide) groups is 1. The normalized spacial score (nSPS) is 23.2. The number of para-hydroxylation sites is 1. The lowest BCUT2D eigenvalue weighted by Crippen LogP contribution is -2.38. The maximum Gasteiger partial charge on any atom is 0.231 e. The summed E-state index contributed by atoms with van der Waals surface area (Å²) in [7, 11) is 0. The molecule has 0 radical (unpaired) electrons. The number of hydrogen-bond acceptors (Lipinski definition) is 3. The predicted octanol–water partition coefficient (Wildman–Crippen LogP) is 3.47. The number of benzene rings is 1. The number of rotatable bonds is 4. The van der Waals surface area contributed by atoms with Crippen molar-refractivity contribution in [3.05, 3.63) is 24.3 Å². The summed E-state index contributed by atoms with van der Waals surface area (Å²) in [6.45, 7) is 8.30. The van der Waals surface area contributed by atoms with Crippen molar-refractivity contribution in [1.29, 1.82) is 0 Å². The van der Waals surface area contributed by atoms with E-state index < -0.39 is 0 Å². The van der Waals surface area contributed by atoms with Crippen LogP contribution in [0.1, 0.15) is 27.2 Å². The number of hydrogen-bond donors (Lipinski definition) is 1. The number of carbonyl (C=O) groups is 1. The maximum absolute atomic E-state index is 12.6. The smallest absolute Gasteiger partial charge is 0.231 e. The number of carbonyl (C=O) groups excluding carboxylic acids is 1. The van der Waals surface area contributed by atoms with E-state index >= 15 is 0 Å². The lowest BCUT2D eigenvalue weighted by molar-refractivity contribution is -0.124. The quantitative estimate of drug-likeness (QED) is 0.863. The van der Waals surface area contributed by atoms with Crippen LogP contribution in [0, 0.1) is 5.41 Å². The van der Waals surface area contributed by atoms with E-state index in [0.29, 0.717) is 6.04 Å². The molecule has 1 aromatic carbocycles. The van der Waals surface area contributed by atoms with Gasteiger partial charge in [-0.25, -0.2) is 0 Å². The second-order valence-corrected chi connectivity index (χ2v) is 6.88. The SMILES string of the molecule is CSc1ccccc1NC(=O)C1(C)CCN(C(C)C)C1. The molecular formula is C16H24N2OS. The van der Waals surface area contributed by atoms with Crippen LogP contribution in [0.5, 0.6) is 0 Å². The van der Waals surface area contributed by atoms with Crippen molar-refractivity contribution in [2.24, 2.45) is 5.41 Å². The van der Waals surface area contributed by atoms with Gasteiger partial charge in [-0.05, 0) is 52.1 Å². The summed E-state index contributed by atoms with van der Waals surface area (Å²) in [6, 6.07) is 8.48. The first-order valence-corrected chi connectivity index (χ1v) is 8.37. The van der Waals surface area contributed by atoms with E-state index in [9.17, 15) is 4.79 Å². The third kappa shape index (κ3) is 3.18. The molecule has 110 valence electrons. The standard InChI is InChI=1S/C16H24N2OS/c1-12(2)18-10-9-16(3,11-18)15(19)17-13-7-5-6-8-14(13)20-4/h5-8,12H,9-11H2,1-4H3,(H,17,19). The van der Waals surface area contributed by atoms with Crippen molar-refractivity contribution in [1.82, 2.24) is 4.90 Å². The Morgan fingerprint density at radius 1 is 1.40 bits per heavy atom. The Kier molecular flexibility index (Phi) is 4.76. The molecule has 0 spiro atoms. The molecular weight excluding hydrogens is 268 g/mol. The molecule has 1 aliphatic rings. The number of nitrogens with one attached hydrogen (secondary N) is 1. The van der Waals surface area contributed by atoms with Crippen LogP contribution >= 0.6 is 11.8 Å². The van der Waals surface area contributed by atoms with E-state index in [-0.39, 0.29) is 11.3 Å². The van der Waals surface area contributed by atoms with E-state index in [0.717, 1.165) is 30.1 Å². The largest absolute Gasteiger partial charge is 0.325 e. The Morgan fingerprint density at radius 2 is 2.10 bits per heavy atom. The summed E-state index contributed by atoms with van der Waals surface area (Å²) >= 11 is 1.66. The lowest BCUT2D eigenvalue weighted by atomic mass is 9.88. The number of amides is 1. The Labute approximate surface area is 126 Å². The van der Waals surface area contributed by atoms with Crippen LogP contribution < -0.4 is 5.32 Å². The van der Waals surface area contributed by atoms with Gasteiger partial charge in [0.15, 0.2) is 0 Å². The van der Waals surface area contributed by atoms with Gasteiger partial charge in [-0.3, -0.25) is 9.69 Å². The molecule has 1 aromatic rings. The fraction of sp³-hybridized carbons (Fsp3) is 0.562. The minimum absolute atomic E-state index is 0.141. The van der Waals surface area contributed by atoms with Crippen LogP contribution in [-0.4, -0.2) is 36.2 Å². The summed E-state index contributed by atoms with van der Waals surface area (Å²) < 4.78 is 0.